The van der Waals surface area contributed by atoms with Crippen molar-refractivity contribution in [3.05, 3.63) is 30.1 Å². The maximum Gasteiger partial charge on any atom is 0.335 e. The van der Waals surface area contributed by atoms with E-state index in [-0.39, 0.29) is 10.3 Å². The average molecular weight is 264 g/mol. The van der Waals surface area contributed by atoms with Crippen molar-refractivity contribution in [1.82, 2.24) is 9.55 Å². The number of carboxylic acids is 1. The molecule has 0 radical (unpaired) electrons. The molecule has 0 atom stereocenters. The van der Waals surface area contributed by atoms with Crippen LogP contribution in [0.2, 0.25) is 0 Å². The predicted octanol–water partition coefficient (Wildman–Crippen LogP) is 2.88. The highest BCUT2D eigenvalue weighted by atomic mass is 32.2. The van der Waals surface area contributed by atoms with E-state index in [1.54, 1.807) is 30.2 Å². The Bertz CT molecular complexity index is 590. The minimum absolute atomic E-state index is 0.124. The van der Waals surface area contributed by atoms with Gasteiger partial charge in [-0.3, -0.25) is 0 Å². The summed E-state index contributed by atoms with van der Waals surface area (Å²) in [7, 11) is 0. The molecule has 96 valence electrons. The van der Waals surface area contributed by atoms with Crippen molar-refractivity contribution in [2.45, 2.75) is 25.1 Å². The molecule has 0 unspecified atom stereocenters. The van der Waals surface area contributed by atoms with E-state index in [9.17, 15) is 4.79 Å². The largest absolute Gasteiger partial charge is 0.478 e. The molecule has 0 aliphatic rings. The van der Waals surface area contributed by atoms with Crippen molar-refractivity contribution in [2.24, 2.45) is 0 Å². The number of hydrogen-bond donors (Lipinski definition) is 1. The number of thioether (sulfide) groups is 1. The van der Waals surface area contributed by atoms with Crippen molar-refractivity contribution in [3.63, 3.8) is 0 Å². The second kappa shape index (κ2) is 4.65. The Balaban J connectivity index is 2.40. The monoisotopic (exact) mass is 264 g/mol. The molecule has 0 fully saturated rings. The summed E-state index contributed by atoms with van der Waals surface area (Å²) in [5, 5.41) is 8.94. The molecular weight excluding hydrogens is 248 g/mol. The van der Waals surface area contributed by atoms with E-state index in [1.165, 1.54) is 0 Å². The summed E-state index contributed by atoms with van der Waals surface area (Å²) < 4.78 is 2.19. The molecule has 0 amide bonds. The molecule has 1 heterocycles. The smallest absolute Gasteiger partial charge is 0.335 e. The van der Waals surface area contributed by atoms with Crippen LogP contribution in [0.1, 0.15) is 24.2 Å². The normalized spacial score (nSPS) is 11.9. The highest BCUT2D eigenvalue weighted by Crippen LogP contribution is 2.25. The molecule has 1 N–H and O–H groups in total. The zero-order valence-corrected chi connectivity index (χ0v) is 11.5. The van der Waals surface area contributed by atoms with Gasteiger partial charge in [0.2, 0.25) is 0 Å². The fourth-order valence-electron chi connectivity index (χ4n) is 1.80. The second-order valence-corrected chi connectivity index (χ2v) is 6.36. The number of rotatable bonds is 4. The Morgan fingerprint density at radius 2 is 2.22 bits per heavy atom. The van der Waals surface area contributed by atoms with Gasteiger partial charge in [-0.25, -0.2) is 9.78 Å². The maximum atomic E-state index is 10.9. The molecule has 4 nitrogen and oxygen atoms in total. The third-order valence-corrected chi connectivity index (χ3v) is 4.21. The highest BCUT2D eigenvalue weighted by Gasteiger charge is 2.18. The van der Waals surface area contributed by atoms with E-state index in [0.29, 0.717) is 0 Å². The zero-order valence-electron chi connectivity index (χ0n) is 10.7. The van der Waals surface area contributed by atoms with Crippen molar-refractivity contribution < 1.29 is 9.90 Å². The molecule has 0 spiro atoms. The van der Waals surface area contributed by atoms with E-state index in [0.717, 1.165) is 17.6 Å². The van der Waals surface area contributed by atoms with Crippen LogP contribution in [0.3, 0.4) is 0 Å². The van der Waals surface area contributed by atoms with Crippen molar-refractivity contribution >= 4 is 28.8 Å². The lowest BCUT2D eigenvalue weighted by molar-refractivity contribution is 0.0697. The van der Waals surface area contributed by atoms with Crippen molar-refractivity contribution in [1.29, 1.82) is 0 Å². The number of nitrogens with zero attached hydrogens (tertiary/aromatic N) is 2. The first kappa shape index (κ1) is 13.0. The fraction of sp³-hybridized carbons (Fsp3) is 0.385. The summed E-state index contributed by atoms with van der Waals surface area (Å²) in [6.07, 6.45) is 3.86. The third kappa shape index (κ3) is 2.51. The molecule has 0 bridgehead atoms. The molecule has 2 aromatic rings. The Morgan fingerprint density at radius 1 is 1.50 bits per heavy atom. The van der Waals surface area contributed by atoms with Crippen LogP contribution in [0.5, 0.6) is 0 Å². The first-order chi connectivity index (χ1) is 8.43. The third-order valence-electron chi connectivity index (χ3n) is 2.97. The standard InChI is InChI=1S/C13H16N2O2S/c1-13(2,18-3)7-15-8-14-10-6-9(12(16)17)4-5-11(10)15/h4-6,8H,7H2,1-3H3,(H,16,17). The topological polar surface area (TPSA) is 55.1 Å². The number of carboxylic acid groups (broad SMARTS) is 1. The summed E-state index contributed by atoms with van der Waals surface area (Å²) in [4.78, 5) is 15.2. The van der Waals surface area contributed by atoms with Gasteiger partial charge in [-0.1, -0.05) is 0 Å². The zero-order chi connectivity index (χ0) is 13.3. The van der Waals surface area contributed by atoms with Crippen LogP contribution >= 0.6 is 11.8 Å². The Kier molecular flexibility index (Phi) is 3.34. The summed E-state index contributed by atoms with van der Waals surface area (Å²) >= 11 is 1.80. The molecule has 0 aliphatic carbocycles. The van der Waals surface area contributed by atoms with Crippen LogP contribution in [-0.4, -0.2) is 31.6 Å². The predicted molar refractivity (Wildman–Crippen MR) is 74.3 cm³/mol. The van der Waals surface area contributed by atoms with Gasteiger partial charge in [0.25, 0.3) is 0 Å². The molecule has 0 saturated heterocycles. The minimum atomic E-state index is -0.920. The lowest BCUT2D eigenvalue weighted by Gasteiger charge is -2.22. The van der Waals surface area contributed by atoms with Gasteiger partial charge < -0.3 is 9.67 Å². The van der Waals surface area contributed by atoms with Crippen LogP contribution in [-0.2, 0) is 6.54 Å². The van der Waals surface area contributed by atoms with Gasteiger partial charge in [0.05, 0.1) is 22.9 Å². The molecule has 0 saturated carbocycles. The lowest BCUT2D eigenvalue weighted by Crippen LogP contribution is -2.21. The molecule has 1 aromatic carbocycles. The molecular formula is C13H16N2O2S. The van der Waals surface area contributed by atoms with Gasteiger partial charge in [-0.05, 0) is 38.3 Å². The second-order valence-electron chi connectivity index (χ2n) is 4.84. The summed E-state index contributed by atoms with van der Waals surface area (Å²) in [5.74, 6) is -0.920. The van der Waals surface area contributed by atoms with Crippen molar-refractivity contribution in [3.8, 4) is 0 Å². The van der Waals surface area contributed by atoms with Crippen LogP contribution in [0.15, 0.2) is 24.5 Å². The van der Waals surface area contributed by atoms with Gasteiger partial charge in [0.15, 0.2) is 0 Å². The van der Waals surface area contributed by atoms with Crippen LogP contribution in [0.4, 0.5) is 0 Å². The first-order valence-corrected chi connectivity index (χ1v) is 6.89. The van der Waals surface area contributed by atoms with Crippen LogP contribution in [0.25, 0.3) is 11.0 Å². The molecule has 2 rings (SSSR count). The number of benzene rings is 1. The van der Waals surface area contributed by atoms with Gasteiger partial charge in [-0.2, -0.15) is 11.8 Å². The number of imidazole rings is 1. The maximum absolute atomic E-state index is 10.9. The van der Waals surface area contributed by atoms with Gasteiger partial charge in [-0.15, -0.1) is 0 Å². The van der Waals surface area contributed by atoms with Gasteiger partial charge in [0, 0.05) is 11.3 Å². The number of fused-ring (bicyclic) bond motifs is 1. The van der Waals surface area contributed by atoms with Gasteiger partial charge in [0.1, 0.15) is 0 Å². The van der Waals surface area contributed by atoms with E-state index in [4.69, 9.17) is 5.11 Å². The Labute approximate surface area is 110 Å². The first-order valence-electron chi connectivity index (χ1n) is 5.66. The number of hydrogen-bond acceptors (Lipinski definition) is 3. The quantitative estimate of drug-likeness (QED) is 0.922. The highest BCUT2D eigenvalue weighted by molar-refractivity contribution is 7.99. The number of aromatic nitrogens is 2. The van der Waals surface area contributed by atoms with Crippen molar-refractivity contribution in [2.75, 3.05) is 6.26 Å². The Morgan fingerprint density at radius 3 is 2.83 bits per heavy atom. The fourth-order valence-corrected chi connectivity index (χ4v) is 2.07. The Hall–Kier alpha value is -1.49. The minimum Gasteiger partial charge on any atom is -0.478 e. The summed E-state index contributed by atoms with van der Waals surface area (Å²) in [6.45, 7) is 5.20. The van der Waals surface area contributed by atoms with E-state index >= 15 is 0 Å². The van der Waals surface area contributed by atoms with E-state index < -0.39 is 5.97 Å². The molecule has 1 aromatic heterocycles. The summed E-state index contributed by atoms with van der Waals surface area (Å²) in [5.41, 5.74) is 1.98. The summed E-state index contributed by atoms with van der Waals surface area (Å²) in [6, 6.07) is 5.05. The average Bonchev–Trinajstić information content (AvgIpc) is 2.71. The van der Waals surface area contributed by atoms with Gasteiger partial charge >= 0.3 is 5.97 Å². The van der Waals surface area contributed by atoms with E-state index in [1.807, 2.05) is 6.07 Å². The molecule has 0 aliphatic heterocycles. The number of carbonyl (C=O) groups is 1. The molecule has 5 heteroatoms. The molecule has 18 heavy (non-hydrogen) atoms. The number of aromatic carboxylic acids is 1. The van der Waals surface area contributed by atoms with Crippen LogP contribution in [0, 0.1) is 0 Å². The van der Waals surface area contributed by atoms with E-state index in [2.05, 4.69) is 29.7 Å². The lowest BCUT2D eigenvalue weighted by atomic mass is 10.2. The van der Waals surface area contributed by atoms with Crippen LogP contribution < -0.4 is 0 Å². The SMILES string of the molecule is CSC(C)(C)Cn1cnc2cc(C(=O)O)ccc21.